The third-order valence-corrected chi connectivity index (χ3v) is 5.95. The number of amides is 1. The average molecular weight is 465 g/mol. The summed E-state index contributed by atoms with van der Waals surface area (Å²) >= 11 is 0. The molecule has 0 unspecified atom stereocenters. The largest absolute Gasteiger partial charge is 0.338 e. The summed E-state index contributed by atoms with van der Waals surface area (Å²) in [6.07, 6.45) is 3.80. The number of nitrogens with zero attached hydrogens (tertiary/aromatic N) is 8. The van der Waals surface area contributed by atoms with Crippen molar-refractivity contribution >= 4 is 11.9 Å². The van der Waals surface area contributed by atoms with Gasteiger partial charge in [0.25, 0.3) is 0 Å². The zero-order valence-corrected chi connectivity index (χ0v) is 19.2. The van der Waals surface area contributed by atoms with Crippen molar-refractivity contribution in [3.8, 4) is 28.8 Å². The molecule has 4 aromatic rings. The smallest absolute Gasteiger partial charge is 0.244 e. The van der Waals surface area contributed by atoms with Crippen molar-refractivity contribution in [1.82, 2.24) is 29.6 Å². The molecule has 9 heteroatoms. The van der Waals surface area contributed by atoms with Gasteiger partial charge >= 0.3 is 0 Å². The van der Waals surface area contributed by atoms with E-state index >= 15 is 0 Å². The number of nitriles is 1. The van der Waals surface area contributed by atoms with Gasteiger partial charge in [-0.1, -0.05) is 54.6 Å². The topological polar surface area (TPSA) is 104 Å². The molecule has 0 spiro atoms. The minimum Gasteiger partial charge on any atom is -0.338 e. The number of hydrogen-bond acceptors (Lipinski definition) is 7. The number of hydrogen-bond donors (Lipinski definition) is 0. The Bertz CT molecular complexity index is 1320. The molecule has 9 nitrogen and oxygen atoms in total. The maximum Gasteiger partial charge on any atom is 0.244 e. The molecule has 2 aromatic heterocycles. The van der Waals surface area contributed by atoms with E-state index in [0.717, 1.165) is 16.7 Å². The zero-order chi connectivity index (χ0) is 24.0. The highest BCUT2D eigenvalue weighted by molar-refractivity contribution is 5.77. The van der Waals surface area contributed by atoms with Crippen LogP contribution in [0.5, 0.6) is 0 Å². The minimum atomic E-state index is -0.00880. The predicted octanol–water partition coefficient (Wildman–Crippen LogP) is 2.82. The second-order valence-electron chi connectivity index (χ2n) is 8.23. The van der Waals surface area contributed by atoms with E-state index in [1.54, 1.807) is 23.1 Å². The molecule has 0 saturated carbocycles. The molecule has 1 saturated heterocycles. The monoisotopic (exact) mass is 464 g/mol. The van der Waals surface area contributed by atoms with Crippen LogP contribution < -0.4 is 4.90 Å². The summed E-state index contributed by atoms with van der Waals surface area (Å²) in [5.74, 6) is 1.87. The van der Waals surface area contributed by atoms with Gasteiger partial charge in [0, 0.05) is 49.7 Å². The molecule has 1 aliphatic rings. The van der Waals surface area contributed by atoms with Crippen LogP contribution in [-0.2, 0) is 17.8 Å². The van der Waals surface area contributed by atoms with E-state index in [4.69, 9.17) is 10.2 Å². The summed E-state index contributed by atoms with van der Waals surface area (Å²) in [4.78, 5) is 30.5. The summed E-state index contributed by atoms with van der Waals surface area (Å²) in [7, 11) is 0. The van der Waals surface area contributed by atoms with E-state index in [9.17, 15) is 4.79 Å². The summed E-state index contributed by atoms with van der Waals surface area (Å²) < 4.78 is 1.68. The standard InChI is InChI=1S/C26H24N8O/c27-12-11-20-7-9-22(10-8-20)25-30-24(21-5-2-1-3-6-21)31-34(25)19-23(35)32-15-17-33(18-16-32)26-28-13-4-14-29-26/h1-10,13-14H,11,15-19H2. The lowest BCUT2D eigenvalue weighted by molar-refractivity contribution is -0.132. The second-order valence-corrected chi connectivity index (χ2v) is 8.23. The Balaban J connectivity index is 1.36. The van der Waals surface area contributed by atoms with Crippen molar-refractivity contribution in [2.45, 2.75) is 13.0 Å². The van der Waals surface area contributed by atoms with Crippen molar-refractivity contribution in [2.75, 3.05) is 31.1 Å². The normalized spacial score (nSPS) is 13.5. The number of anilines is 1. The molecule has 174 valence electrons. The highest BCUT2D eigenvalue weighted by Crippen LogP contribution is 2.23. The number of benzene rings is 2. The Hall–Kier alpha value is -4.58. The van der Waals surface area contributed by atoms with Crippen molar-refractivity contribution < 1.29 is 4.79 Å². The van der Waals surface area contributed by atoms with Crippen molar-refractivity contribution in [1.29, 1.82) is 5.26 Å². The van der Waals surface area contributed by atoms with Crippen molar-refractivity contribution in [2.24, 2.45) is 0 Å². The lowest BCUT2D eigenvalue weighted by Gasteiger charge is -2.34. The molecule has 0 bridgehead atoms. The van der Waals surface area contributed by atoms with E-state index in [2.05, 4.69) is 26.0 Å². The molecule has 0 N–H and O–H groups in total. The van der Waals surface area contributed by atoms with Crippen LogP contribution in [0.3, 0.4) is 0 Å². The molecule has 2 aromatic carbocycles. The van der Waals surface area contributed by atoms with Crippen LogP contribution in [0.4, 0.5) is 5.95 Å². The van der Waals surface area contributed by atoms with Gasteiger partial charge in [-0.3, -0.25) is 4.79 Å². The Kier molecular flexibility index (Phi) is 6.44. The Morgan fingerprint density at radius 1 is 0.886 bits per heavy atom. The molecule has 0 atom stereocenters. The van der Waals surface area contributed by atoms with Gasteiger partial charge in [0.1, 0.15) is 6.54 Å². The van der Waals surface area contributed by atoms with Crippen LogP contribution in [-0.4, -0.2) is 61.7 Å². The average Bonchev–Trinajstić information content (AvgIpc) is 3.34. The van der Waals surface area contributed by atoms with E-state index in [1.165, 1.54) is 0 Å². The Labute approximate surface area is 203 Å². The molecular formula is C26H24N8O. The maximum atomic E-state index is 13.2. The maximum absolute atomic E-state index is 13.2. The van der Waals surface area contributed by atoms with Crippen molar-refractivity contribution in [3.63, 3.8) is 0 Å². The summed E-state index contributed by atoms with van der Waals surface area (Å²) in [5, 5.41) is 13.6. The van der Waals surface area contributed by atoms with E-state index in [1.807, 2.05) is 59.5 Å². The summed E-state index contributed by atoms with van der Waals surface area (Å²) in [5.41, 5.74) is 2.67. The Morgan fingerprint density at radius 3 is 2.29 bits per heavy atom. The molecule has 35 heavy (non-hydrogen) atoms. The van der Waals surface area contributed by atoms with Crippen LogP contribution >= 0.6 is 0 Å². The fourth-order valence-electron chi connectivity index (χ4n) is 4.08. The van der Waals surface area contributed by atoms with Gasteiger partial charge in [-0.2, -0.15) is 5.26 Å². The summed E-state index contributed by atoms with van der Waals surface area (Å²) in [6, 6.07) is 21.3. The predicted molar refractivity (Wildman–Crippen MR) is 131 cm³/mol. The first kappa shape index (κ1) is 22.2. The van der Waals surface area contributed by atoms with Gasteiger partial charge in [-0.15, -0.1) is 5.10 Å². The zero-order valence-electron chi connectivity index (χ0n) is 19.2. The number of carbonyl (C=O) groups excluding carboxylic acids is 1. The SMILES string of the molecule is N#CCc1ccc(-c2nc(-c3ccccc3)nn2CC(=O)N2CCN(c3ncccn3)CC2)cc1. The third-order valence-electron chi connectivity index (χ3n) is 5.95. The van der Waals surface area contributed by atoms with Gasteiger partial charge in [0.05, 0.1) is 12.5 Å². The van der Waals surface area contributed by atoms with Crippen LogP contribution in [0.2, 0.25) is 0 Å². The first-order chi connectivity index (χ1) is 17.2. The number of carbonyl (C=O) groups is 1. The molecular weight excluding hydrogens is 440 g/mol. The van der Waals surface area contributed by atoms with Crippen LogP contribution in [0.15, 0.2) is 73.1 Å². The molecule has 0 aliphatic carbocycles. The van der Waals surface area contributed by atoms with Gasteiger partial charge in [-0.05, 0) is 11.6 Å². The van der Waals surface area contributed by atoms with Crippen molar-refractivity contribution in [3.05, 3.63) is 78.6 Å². The first-order valence-corrected chi connectivity index (χ1v) is 11.5. The van der Waals surface area contributed by atoms with Gasteiger partial charge in [-0.25, -0.2) is 19.6 Å². The minimum absolute atomic E-state index is 0.00880. The number of aromatic nitrogens is 5. The quantitative estimate of drug-likeness (QED) is 0.432. The highest BCUT2D eigenvalue weighted by atomic mass is 16.2. The molecule has 1 fully saturated rings. The first-order valence-electron chi connectivity index (χ1n) is 11.5. The highest BCUT2D eigenvalue weighted by Gasteiger charge is 2.24. The van der Waals surface area contributed by atoms with Gasteiger partial charge in [0.15, 0.2) is 11.6 Å². The Morgan fingerprint density at radius 2 is 1.60 bits per heavy atom. The number of piperazine rings is 1. The van der Waals surface area contributed by atoms with E-state index < -0.39 is 0 Å². The van der Waals surface area contributed by atoms with Crippen LogP contribution in [0.25, 0.3) is 22.8 Å². The van der Waals surface area contributed by atoms with E-state index in [0.29, 0.717) is 50.2 Å². The molecule has 0 radical (unpaired) electrons. The second kappa shape index (κ2) is 10.1. The number of rotatable bonds is 6. The van der Waals surface area contributed by atoms with Gasteiger partial charge in [0.2, 0.25) is 11.9 Å². The summed E-state index contributed by atoms with van der Waals surface area (Å²) in [6.45, 7) is 2.63. The molecule has 3 heterocycles. The third kappa shape index (κ3) is 5.01. The van der Waals surface area contributed by atoms with Crippen LogP contribution in [0, 0.1) is 11.3 Å². The lowest BCUT2D eigenvalue weighted by atomic mass is 10.1. The fourth-order valence-corrected chi connectivity index (χ4v) is 4.08. The molecule has 1 amide bonds. The van der Waals surface area contributed by atoms with E-state index in [-0.39, 0.29) is 12.5 Å². The molecule has 5 rings (SSSR count). The van der Waals surface area contributed by atoms with Crippen LogP contribution in [0.1, 0.15) is 5.56 Å². The fraction of sp³-hybridized carbons (Fsp3) is 0.231. The molecule has 1 aliphatic heterocycles. The lowest BCUT2D eigenvalue weighted by Crippen LogP contribution is -2.50. The van der Waals surface area contributed by atoms with Gasteiger partial charge < -0.3 is 9.80 Å².